The molecule has 1 heterocycles. The summed E-state index contributed by atoms with van der Waals surface area (Å²) in [4.78, 5) is 23.3. The Morgan fingerprint density at radius 3 is 1.71 bits per heavy atom. The molecule has 3 rings (SSSR count). The Morgan fingerprint density at radius 2 is 1.32 bits per heavy atom. The van der Waals surface area contributed by atoms with Crippen LogP contribution in [0.2, 0.25) is 0 Å². The van der Waals surface area contributed by atoms with Gasteiger partial charge in [-0.15, -0.1) is 0 Å². The maximum atomic E-state index is 11.7. The monoisotopic (exact) mass is 380 g/mol. The van der Waals surface area contributed by atoms with Gasteiger partial charge in [0.2, 0.25) is 0 Å². The fourth-order valence-corrected chi connectivity index (χ4v) is 2.77. The molecule has 0 spiro atoms. The summed E-state index contributed by atoms with van der Waals surface area (Å²) >= 11 is 0. The van der Waals surface area contributed by atoms with E-state index in [1.54, 1.807) is 36.6 Å². The van der Waals surface area contributed by atoms with Crippen molar-refractivity contribution in [1.29, 1.82) is 0 Å². The summed E-state index contributed by atoms with van der Waals surface area (Å²) in [6, 6.07) is 17.6. The molecule has 144 valence electrons. The molecular weight excluding hydrogens is 360 g/mol. The number of ether oxygens (including phenoxy) is 3. The molecule has 0 aliphatic heterocycles. The van der Waals surface area contributed by atoms with E-state index in [0.29, 0.717) is 16.9 Å². The normalized spacial score (nSPS) is 10.7. The largest absolute Gasteiger partial charge is 0.467 e. The summed E-state index contributed by atoms with van der Waals surface area (Å²) in [5.41, 5.74) is 2.62. The molecule has 0 amide bonds. The lowest BCUT2D eigenvalue weighted by Gasteiger charge is -2.19. The first-order valence-electron chi connectivity index (χ1n) is 8.63. The highest BCUT2D eigenvalue weighted by molar-refractivity contribution is 5.89. The quantitative estimate of drug-likeness (QED) is 0.573. The zero-order chi connectivity index (χ0) is 19.9. The minimum atomic E-state index is -0.413. The third-order valence-electron chi connectivity index (χ3n) is 4.24. The molecular formula is C22H20O6. The van der Waals surface area contributed by atoms with Crippen LogP contribution in [0.5, 0.6) is 0 Å². The third-order valence-corrected chi connectivity index (χ3v) is 4.24. The average molecular weight is 380 g/mol. The zero-order valence-corrected chi connectivity index (χ0v) is 15.6. The number of esters is 2. The number of hydrogen-bond donors (Lipinski definition) is 0. The molecule has 2 aromatic carbocycles. The molecule has 6 heteroatoms. The number of furan rings is 1. The standard InChI is InChI=1S/C22H20O6/c1-25-21(23)17-9-5-15(6-10-17)20(28-14-19-4-3-13-27-19)16-7-11-18(12-8-16)22(24)26-2/h3-13,20H,14H2,1-2H3. The van der Waals surface area contributed by atoms with E-state index in [2.05, 4.69) is 0 Å². The van der Waals surface area contributed by atoms with Crippen LogP contribution in [0.4, 0.5) is 0 Å². The highest BCUT2D eigenvalue weighted by Crippen LogP contribution is 2.28. The molecule has 28 heavy (non-hydrogen) atoms. The van der Waals surface area contributed by atoms with Gasteiger partial charge < -0.3 is 18.6 Å². The van der Waals surface area contributed by atoms with E-state index < -0.39 is 18.0 Å². The number of rotatable bonds is 7. The van der Waals surface area contributed by atoms with Crippen molar-refractivity contribution in [2.45, 2.75) is 12.7 Å². The van der Waals surface area contributed by atoms with Gasteiger partial charge in [-0.05, 0) is 47.5 Å². The van der Waals surface area contributed by atoms with Gasteiger partial charge in [0.25, 0.3) is 0 Å². The van der Waals surface area contributed by atoms with E-state index >= 15 is 0 Å². The van der Waals surface area contributed by atoms with Crippen LogP contribution in [0.25, 0.3) is 0 Å². The van der Waals surface area contributed by atoms with E-state index in [-0.39, 0.29) is 6.61 Å². The van der Waals surface area contributed by atoms with Gasteiger partial charge in [-0.25, -0.2) is 9.59 Å². The molecule has 0 unspecified atom stereocenters. The molecule has 0 aliphatic carbocycles. The topological polar surface area (TPSA) is 75.0 Å². The van der Waals surface area contributed by atoms with Gasteiger partial charge >= 0.3 is 11.9 Å². The Bertz CT molecular complexity index is 851. The van der Waals surface area contributed by atoms with Crippen molar-refractivity contribution < 1.29 is 28.2 Å². The fourth-order valence-electron chi connectivity index (χ4n) is 2.77. The van der Waals surface area contributed by atoms with Gasteiger partial charge in [0.1, 0.15) is 18.5 Å². The maximum Gasteiger partial charge on any atom is 0.337 e. The Hall–Kier alpha value is -3.38. The molecule has 6 nitrogen and oxygen atoms in total. The van der Waals surface area contributed by atoms with Crippen molar-refractivity contribution >= 4 is 11.9 Å². The van der Waals surface area contributed by atoms with Crippen LogP contribution in [-0.4, -0.2) is 26.2 Å². The third kappa shape index (κ3) is 4.47. The van der Waals surface area contributed by atoms with Crippen molar-refractivity contribution in [3.05, 3.63) is 94.9 Å². The molecule has 0 N–H and O–H groups in total. The van der Waals surface area contributed by atoms with Crippen molar-refractivity contribution in [3.63, 3.8) is 0 Å². The molecule has 0 atom stereocenters. The smallest absolute Gasteiger partial charge is 0.337 e. The van der Waals surface area contributed by atoms with Gasteiger partial charge in [0.05, 0.1) is 31.6 Å². The molecule has 3 aromatic rings. The lowest BCUT2D eigenvalue weighted by Crippen LogP contribution is -2.08. The van der Waals surface area contributed by atoms with Crippen molar-refractivity contribution in [3.8, 4) is 0 Å². The van der Waals surface area contributed by atoms with Crippen LogP contribution >= 0.6 is 0 Å². The lowest BCUT2D eigenvalue weighted by molar-refractivity contribution is 0.0549. The second kappa shape index (κ2) is 9.01. The molecule has 0 saturated heterocycles. The lowest BCUT2D eigenvalue weighted by atomic mass is 9.99. The second-order valence-electron chi connectivity index (χ2n) is 6.00. The minimum absolute atomic E-state index is 0.273. The molecule has 0 radical (unpaired) electrons. The van der Waals surface area contributed by atoms with E-state index in [4.69, 9.17) is 18.6 Å². The van der Waals surface area contributed by atoms with Gasteiger partial charge in [0.15, 0.2) is 0 Å². The summed E-state index contributed by atoms with van der Waals surface area (Å²) in [6.45, 7) is 0.273. The summed E-state index contributed by atoms with van der Waals surface area (Å²) in [7, 11) is 2.68. The minimum Gasteiger partial charge on any atom is -0.467 e. The molecule has 1 aromatic heterocycles. The van der Waals surface area contributed by atoms with Gasteiger partial charge in [-0.3, -0.25) is 0 Å². The number of benzene rings is 2. The van der Waals surface area contributed by atoms with Crippen molar-refractivity contribution in [2.75, 3.05) is 14.2 Å². The van der Waals surface area contributed by atoms with E-state index in [9.17, 15) is 9.59 Å². The highest BCUT2D eigenvalue weighted by atomic mass is 16.5. The van der Waals surface area contributed by atoms with Crippen LogP contribution in [-0.2, 0) is 20.8 Å². The summed E-state index contributed by atoms with van der Waals surface area (Å²) < 4.78 is 20.9. The second-order valence-corrected chi connectivity index (χ2v) is 6.00. The van der Waals surface area contributed by atoms with Gasteiger partial charge in [-0.1, -0.05) is 24.3 Å². The number of carbonyl (C=O) groups excluding carboxylic acids is 2. The maximum absolute atomic E-state index is 11.7. The van der Waals surface area contributed by atoms with E-state index in [0.717, 1.165) is 11.1 Å². The van der Waals surface area contributed by atoms with Crippen LogP contribution < -0.4 is 0 Å². The summed E-state index contributed by atoms with van der Waals surface area (Å²) in [5.74, 6) is -0.105. The van der Waals surface area contributed by atoms with Crippen LogP contribution in [0.1, 0.15) is 43.7 Å². The summed E-state index contributed by atoms with van der Waals surface area (Å²) in [5, 5.41) is 0. The molecule has 0 saturated carbocycles. The zero-order valence-electron chi connectivity index (χ0n) is 15.6. The Balaban J connectivity index is 1.88. The van der Waals surface area contributed by atoms with Gasteiger partial charge in [0, 0.05) is 0 Å². The predicted octanol–water partition coefficient (Wildman–Crippen LogP) is 4.16. The first-order chi connectivity index (χ1) is 13.6. The SMILES string of the molecule is COC(=O)c1ccc(C(OCc2ccco2)c2ccc(C(=O)OC)cc2)cc1. The van der Waals surface area contributed by atoms with Crippen molar-refractivity contribution in [1.82, 2.24) is 0 Å². The van der Waals surface area contributed by atoms with E-state index in [1.807, 2.05) is 30.3 Å². The molecule has 0 fully saturated rings. The fraction of sp³-hybridized carbons (Fsp3) is 0.182. The highest BCUT2D eigenvalue weighted by Gasteiger charge is 2.18. The predicted molar refractivity (Wildman–Crippen MR) is 101 cm³/mol. The first-order valence-corrected chi connectivity index (χ1v) is 8.63. The Morgan fingerprint density at radius 1 is 0.821 bits per heavy atom. The Labute approximate surface area is 162 Å². The van der Waals surface area contributed by atoms with Crippen molar-refractivity contribution in [2.24, 2.45) is 0 Å². The van der Waals surface area contributed by atoms with Crippen LogP contribution in [0.3, 0.4) is 0 Å². The van der Waals surface area contributed by atoms with E-state index in [1.165, 1.54) is 14.2 Å². The van der Waals surface area contributed by atoms with Crippen LogP contribution in [0.15, 0.2) is 71.3 Å². The number of hydrogen-bond acceptors (Lipinski definition) is 6. The number of methoxy groups -OCH3 is 2. The average Bonchev–Trinajstić information content (AvgIpc) is 3.27. The first kappa shape index (κ1) is 19.4. The molecule has 0 bridgehead atoms. The molecule has 0 aliphatic rings. The summed E-state index contributed by atoms with van der Waals surface area (Å²) in [6.07, 6.45) is 1.17. The Kier molecular flexibility index (Phi) is 6.24. The van der Waals surface area contributed by atoms with Gasteiger partial charge in [-0.2, -0.15) is 0 Å². The van der Waals surface area contributed by atoms with Crippen LogP contribution in [0, 0.1) is 0 Å². The number of carbonyl (C=O) groups is 2.